The van der Waals surface area contributed by atoms with E-state index in [1.165, 1.54) is 11.1 Å². The molecule has 0 aromatic heterocycles. The van der Waals surface area contributed by atoms with E-state index in [2.05, 4.69) is 24.4 Å². The predicted molar refractivity (Wildman–Crippen MR) is 70.1 cm³/mol. The summed E-state index contributed by atoms with van der Waals surface area (Å²) < 4.78 is 0. The molecule has 18 heavy (non-hydrogen) atoms. The molecule has 0 spiro atoms. The van der Waals surface area contributed by atoms with E-state index in [1.54, 1.807) is 6.92 Å². The van der Waals surface area contributed by atoms with Crippen LogP contribution in [0.5, 0.6) is 0 Å². The first-order valence-corrected chi connectivity index (χ1v) is 5.89. The molecule has 0 fully saturated rings. The van der Waals surface area contributed by atoms with Crippen LogP contribution in [0.1, 0.15) is 18.1 Å². The minimum Gasteiger partial charge on any atom is -0.351 e. The van der Waals surface area contributed by atoms with Crippen molar-refractivity contribution in [2.45, 2.75) is 26.3 Å². The van der Waals surface area contributed by atoms with Crippen LogP contribution in [0.15, 0.2) is 24.3 Å². The van der Waals surface area contributed by atoms with Gasteiger partial charge in [0, 0.05) is 0 Å². The van der Waals surface area contributed by atoms with Crippen LogP contribution < -0.4 is 16.4 Å². The number of hydrogen-bond acceptors (Lipinski definition) is 3. The molecule has 0 heterocycles. The third-order valence-electron chi connectivity index (χ3n) is 2.75. The van der Waals surface area contributed by atoms with E-state index in [1.807, 2.05) is 17.4 Å². The summed E-state index contributed by atoms with van der Waals surface area (Å²) >= 11 is 0. The van der Waals surface area contributed by atoms with Gasteiger partial charge in [0.1, 0.15) is 0 Å². The van der Waals surface area contributed by atoms with Crippen molar-refractivity contribution in [3.8, 4) is 0 Å². The number of carbonyl (C=O) groups is 2. The van der Waals surface area contributed by atoms with Crippen molar-refractivity contribution in [1.82, 2.24) is 10.6 Å². The maximum absolute atomic E-state index is 11.4. The van der Waals surface area contributed by atoms with Crippen LogP contribution in [0, 0.1) is 6.92 Å². The van der Waals surface area contributed by atoms with Crippen LogP contribution in [0.2, 0.25) is 0 Å². The Labute approximate surface area is 107 Å². The molecule has 0 saturated carbocycles. The maximum atomic E-state index is 11.4. The van der Waals surface area contributed by atoms with Crippen LogP contribution >= 0.6 is 0 Å². The maximum Gasteiger partial charge on any atom is 0.318 e. The number of nitrogens with two attached hydrogens (primary N) is 1. The van der Waals surface area contributed by atoms with Crippen LogP contribution in [0.4, 0.5) is 4.79 Å². The van der Waals surface area contributed by atoms with E-state index in [4.69, 9.17) is 5.73 Å². The monoisotopic (exact) mass is 249 g/mol. The zero-order valence-corrected chi connectivity index (χ0v) is 10.7. The molecule has 0 aliphatic carbocycles. The Morgan fingerprint density at radius 3 is 2.61 bits per heavy atom. The zero-order valence-electron chi connectivity index (χ0n) is 10.7. The van der Waals surface area contributed by atoms with Gasteiger partial charge in [0.25, 0.3) is 0 Å². The van der Waals surface area contributed by atoms with Crippen molar-refractivity contribution < 1.29 is 9.59 Å². The number of benzene rings is 1. The standard InChI is InChI=1S/C13H19N3O2/c1-9-5-3-4-6-11(9)7-8-15-10(2)12(17)16-13(14)18/h3-6,10,15H,7-8H2,1-2H3,(H3,14,16,17,18). The van der Waals surface area contributed by atoms with Gasteiger partial charge in [-0.1, -0.05) is 24.3 Å². The summed E-state index contributed by atoms with van der Waals surface area (Å²) in [7, 11) is 0. The van der Waals surface area contributed by atoms with Gasteiger partial charge in [0.2, 0.25) is 5.91 Å². The molecule has 4 N–H and O–H groups in total. The third-order valence-corrected chi connectivity index (χ3v) is 2.75. The molecule has 0 bridgehead atoms. The van der Waals surface area contributed by atoms with Crippen molar-refractivity contribution in [2.24, 2.45) is 5.73 Å². The van der Waals surface area contributed by atoms with Crippen LogP contribution in [-0.2, 0) is 11.2 Å². The highest BCUT2D eigenvalue weighted by Crippen LogP contribution is 2.06. The molecule has 1 aromatic carbocycles. The van der Waals surface area contributed by atoms with Gasteiger partial charge in [-0.3, -0.25) is 10.1 Å². The predicted octanol–water partition coefficient (Wildman–Crippen LogP) is 0.711. The quantitative estimate of drug-likeness (QED) is 0.718. The molecule has 0 aliphatic rings. The van der Waals surface area contributed by atoms with Crippen LogP contribution in [0.25, 0.3) is 0 Å². The molecule has 1 unspecified atom stereocenters. The molecule has 5 nitrogen and oxygen atoms in total. The van der Waals surface area contributed by atoms with Crippen molar-refractivity contribution in [1.29, 1.82) is 0 Å². The molecule has 0 aliphatic heterocycles. The fraction of sp³-hybridized carbons (Fsp3) is 0.385. The molecule has 5 heteroatoms. The summed E-state index contributed by atoms with van der Waals surface area (Å²) in [4.78, 5) is 21.9. The third kappa shape index (κ3) is 4.55. The normalized spacial score (nSPS) is 11.9. The van der Waals surface area contributed by atoms with Crippen LogP contribution in [0.3, 0.4) is 0 Å². The Kier molecular flexibility index (Phi) is 5.32. The largest absolute Gasteiger partial charge is 0.351 e. The summed E-state index contributed by atoms with van der Waals surface area (Å²) in [5, 5.41) is 5.08. The fourth-order valence-corrected chi connectivity index (χ4v) is 1.64. The lowest BCUT2D eigenvalue weighted by Crippen LogP contribution is -2.46. The number of amides is 3. The summed E-state index contributed by atoms with van der Waals surface area (Å²) in [5.74, 6) is -0.410. The summed E-state index contributed by atoms with van der Waals surface area (Å²) in [6.07, 6.45) is 0.834. The highest BCUT2D eigenvalue weighted by atomic mass is 16.2. The van der Waals surface area contributed by atoms with Gasteiger partial charge in [-0.05, 0) is 37.9 Å². The second-order valence-electron chi connectivity index (χ2n) is 4.21. The van der Waals surface area contributed by atoms with E-state index in [0.29, 0.717) is 6.54 Å². The molecule has 1 rings (SSSR count). The summed E-state index contributed by atoms with van der Waals surface area (Å²) in [5.41, 5.74) is 7.35. The Bertz CT molecular complexity index is 432. The molecule has 3 amide bonds. The van der Waals surface area contributed by atoms with Crippen molar-refractivity contribution in [3.05, 3.63) is 35.4 Å². The second kappa shape index (κ2) is 6.76. The van der Waals surface area contributed by atoms with E-state index in [9.17, 15) is 9.59 Å². The van der Waals surface area contributed by atoms with Crippen molar-refractivity contribution in [3.63, 3.8) is 0 Å². The molecule has 0 radical (unpaired) electrons. The lowest BCUT2D eigenvalue weighted by Gasteiger charge is -2.13. The average Bonchev–Trinajstić information content (AvgIpc) is 2.30. The van der Waals surface area contributed by atoms with Gasteiger partial charge in [-0.2, -0.15) is 0 Å². The van der Waals surface area contributed by atoms with E-state index >= 15 is 0 Å². The smallest absolute Gasteiger partial charge is 0.318 e. The number of imide groups is 1. The Hall–Kier alpha value is -1.88. The number of carbonyl (C=O) groups excluding carboxylic acids is 2. The van der Waals surface area contributed by atoms with Gasteiger partial charge in [-0.15, -0.1) is 0 Å². The van der Waals surface area contributed by atoms with Crippen molar-refractivity contribution >= 4 is 11.9 Å². The highest BCUT2D eigenvalue weighted by molar-refractivity contribution is 5.96. The minimum absolute atomic E-state index is 0.410. The lowest BCUT2D eigenvalue weighted by molar-refractivity contribution is -0.121. The number of urea groups is 1. The van der Waals surface area contributed by atoms with E-state index < -0.39 is 18.0 Å². The number of nitrogens with one attached hydrogen (secondary N) is 2. The lowest BCUT2D eigenvalue weighted by atomic mass is 10.1. The van der Waals surface area contributed by atoms with Crippen LogP contribution in [-0.4, -0.2) is 24.5 Å². The molecular weight excluding hydrogens is 230 g/mol. The van der Waals surface area contributed by atoms with Gasteiger partial charge in [0.05, 0.1) is 6.04 Å². The topological polar surface area (TPSA) is 84.2 Å². The summed E-state index contributed by atoms with van der Waals surface area (Å²) in [6.45, 7) is 4.41. The SMILES string of the molecule is Cc1ccccc1CCNC(C)C(=O)NC(N)=O. The van der Waals surface area contributed by atoms with Gasteiger partial charge in [-0.25, -0.2) is 4.79 Å². The van der Waals surface area contributed by atoms with E-state index in [0.717, 1.165) is 6.42 Å². The number of rotatable bonds is 5. The van der Waals surface area contributed by atoms with Gasteiger partial charge < -0.3 is 11.1 Å². The number of hydrogen-bond donors (Lipinski definition) is 3. The zero-order chi connectivity index (χ0) is 13.5. The highest BCUT2D eigenvalue weighted by Gasteiger charge is 2.13. The average molecular weight is 249 g/mol. The second-order valence-corrected chi connectivity index (χ2v) is 4.21. The first kappa shape index (κ1) is 14.2. The Morgan fingerprint density at radius 2 is 2.00 bits per heavy atom. The van der Waals surface area contributed by atoms with Gasteiger partial charge in [0.15, 0.2) is 0 Å². The molecule has 1 atom stereocenters. The Morgan fingerprint density at radius 1 is 1.33 bits per heavy atom. The number of primary amides is 1. The molecule has 1 aromatic rings. The minimum atomic E-state index is -0.826. The van der Waals surface area contributed by atoms with Gasteiger partial charge >= 0.3 is 6.03 Å². The fourth-order valence-electron chi connectivity index (χ4n) is 1.64. The summed E-state index contributed by atoms with van der Waals surface area (Å²) in [6, 6.07) is 6.83. The number of aryl methyl sites for hydroxylation is 1. The molecule has 98 valence electrons. The van der Waals surface area contributed by atoms with E-state index in [-0.39, 0.29) is 0 Å². The first-order valence-electron chi connectivity index (χ1n) is 5.89. The molecular formula is C13H19N3O2. The van der Waals surface area contributed by atoms with Crippen molar-refractivity contribution in [2.75, 3.05) is 6.54 Å². The Balaban J connectivity index is 2.36. The first-order chi connectivity index (χ1) is 8.50. The molecule has 0 saturated heterocycles.